The highest BCUT2D eigenvalue weighted by Gasteiger charge is 2.44. The van der Waals surface area contributed by atoms with E-state index in [2.05, 4.69) is 5.32 Å². The van der Waals surface area contributed by atoms with Crippen molar-refractivity contribution in [2.24, 2.45) is 0 Å². The predicted octanol–water partition coefficient (Wildman–Crippen LogP) is 3.23. The fraction of sp³-hybridized carbons (Fsp3) is 0.500. The summed E-state index contributed by atoms with van der Waals surface area (Å²) in [6.07, 6.45) is 3.35. The molecule has 1 N–H and O–H groups in total. The number of benzene rings is 1. The zero-order valence-electron chi connectivity index (χ0n) is 19.4. The fourth-order valence-corrected chi connectivity index (χ4v) is 4.92. The highest BCUT2D eigenvalue weighted by Crippen LogP contribution is 2.41. The minimum atomic E-state index is -0.900. The van der Waals surface area contributed by atoms with Gasteiger partial charge in [-0.15, -0.1) is 0 Å². The molecule has 2 aliphatic heterocycles. The number of allylic oxidation sites excluding steroid dienone is 2. The Labute approximate surface area is 197 Å². The van der Waals surface area contributed by atoms with Crippen molar-refractivity contribution in [3.8, 4) is 0 Å². The summed E-state index contributed by atoms with van der Waals surface area (Å²) in [5.74, 6) is -2.76. The second kappa shape index (κ2) is 9.55. The molecule has 2 fully saturated rings. The van der Waals surface area contributed by atoms with Gasteiger partial charge in [0.1, 0.15) is 12.7 Å². The van der Waals surface area contributed by atoms with Gasteiger partial charge in [-0.1, -0.05) is 12.1 Å². The summed E-state index contributed by atoms with van der Waals surface area (Å²) >= 11 is 0. The SMILES string of the molecule is COC(=O)C1=C(C)NC(C)=C(C(=O)OCC2COC3(CCCC3)O2)C1c1cccc([N+](=O)[O-])c1. The van der Waals surface area contributed by atoms with Crippen molar-refractivity contribution in [1.82, 2.24) is 5.32 Å². The van der Waals surface area contributed by atoms with E-state index in [1.165, 1.54) is 25.3 Å². The predicted molar refractivity (Wildman–Crippen MR) is 119 cm³/mol. The van der Waals surface area contributed by atoms with Crippen LogP contribution in [0.15, 0.2) is 46.8 Å². The Bertz CT molecular complexity index is 1070. The highest BCUT2D eigenvalue weighted by molar-refractivity contribution is 5.99. The molecule has 1 spiro atoms. The Morgan fingerprint density at radius 2 is 1.85 bits per heavy atom. The van der Waals surface area contributed by atoms with Crippen molar-refractivity contribution in [1.29, 1.82) is 0 Å². The second-order valence-corrected chi connectivity index (χ2v) is 8.75. The number of carbonyl (C=O) groups is 2. The lowest BCUT2D eigenvalue weighted by molar-refractivity contribution is -0.384. The van der Waals surface area contributed by atoms with Crippen LogP contribution in [-0.4, -0.2) is 49.1 Å². The first-order valence-corrected chi connectivity index (χ1v) is 11.2. The maximum Gasteiger partial charge on any atom is 0.336 e. The van der Waals surface area contributed by atoms with Gasteiger partial charge in [0.05, 0.1) is 35.7 Å². The van der Waals surface area contributed by atoms with Gasteiger partial charge in [-0.3, -0.25) is 10.1 Å². The molecule has 1 saturated carbocycles. The van der Waals surface area contributed by atoms with E-state index in [1.807, 2.05) is 0 Å². The summed E-state index contributed by atoms with van der Waals surface area (Å²) in [6, 6.07) is 5.86. The van der Waals surface area contributed by atoms with Crippen molar-refractivity contribution >= 4 is 17.6 Å². The number of dihydropyridines is 1. The van der Waals surface area contributed by atoms with Crippen LogP contribution >= 0.6 is 0 Å². The molecule has 1 aromatic carbocycles. The molecule has 10 heteroatoms. The van der Waals surface area contributed by atoms with Gasteiger partial charge in [-0.2, -0.15) is 0 Å². The summed E-state index contributed by atoms with van der Waals surface area (Å²) in [5, 5.41) is 14.4. The number of methoxy groups -OCH3 is 1. The second-order valence-electron chi connectivity index (χ2n) is 8.75. The number of ether oxygens (including phenoxy) is 4. The number of nitrogens with zero attached hydrogens (tertiary/aromatic N) is 1. The summed E-state index contributed by atoms with van der Waals surface area (Å²) < 4.78 is 22.5. The Balaban J connectivity index is 1.61. The van der Waals surface area contributed by atoms with E-state index in [9.17, 15) is 19.7 Å². The summed E-state index contributed by atoms with van der Waals surface area (Å²) in [7, 11) is 1.24. The van der Waals surface area contributed by atoms with Crippen LogP contribution in [0.25, 0.3) is 0 Å². The molecule has 1 aliphatic carbocycles. The molecule has 0 radical (unpaired) electrons. The molecule has 0 amide bonds. The maximum absolute atomic E-state index is 13.3. The number of carbonyl (C=O) groups excluding carboxylic acids is 2. The van der Waals surface area contributed by atoms with Crippen LogP contribution in [0.3, 0.4) is 0 Å². The van der Waals surface area contributed by atoms with Gasteiger partial charge in [-0.25, -0.2) is 9.59 Å². The Hall–Kier alpha value is -3.24. The van der Waals surface area contributed by atoms with E-state index in [0.29, 0.717) is 23.6 Å². The van der Waals surface area contributed by atoms with Gasteiger partial charge in [0.15, 0.2) is 5.79 Å². The number of esters is 2. The van der Waals surface area contributed by atoms with Crippen LogP contribution in [0.5, 0.6) is 0 Å². The number of hydrogen-bond donors (Lipinski definition) is 1. The number of non-ortho nitro benzene ring substituents is 1. The van der Waals surface area contributed by atoms with Crippen LogP contribution in [0.4, 0.5) is 5.69 Å². The van der Waals surface area contributed by atoms with Gasteiger partial charge in [0.2, 0.25) is 0 Å². The normalized spacial score (nSPS) is 23.7. The van der Waals surface area contributed by atoms with Gasteiger partial charge in [-0.05, 0) is 32.3 Å². The van der Waals surface area contributed by atoms with Crippen molar-refractivity contribution in [2.75, 3.05) is 20.3 Å². The molecule has 4 rings (SSSR count). The van der Waals surface area contributed by atoms with Gasteiger partial charge < -0.3 is 24.3 Å². The molecule has 1 saturated heterocycles. The standard InChI is InChI=1S/C24H28N2O8/c1-14-19(22(27)31-3)21(16-7-6-8-17(11-16)26(29)30)20(15(2)25-14)23(28)32-12-18-13-33-24(34-18)9-4-5-10-24/h6-8,11,18,21,25H,4-5,9-10,12-13H2,1-3H3. The van der Waals surface area contributed by atoms with Crippen LogP contribution in [0.2, 0.25) is 0 Å². The van der Waals surface area contributed by atoms with Gasteiger partial charge in [0, 0.05) is 36.4 Å². The van der Waals surface area contributed by atoms with E-state index in [0.717, 1.165) is 25.7 Å². The summed E-state index contributed by atoms with van der Waals surface area (Å²) in [4.78, 5) is 36.9. The number of nitro benzene ring substituents is 1. The van der Waals surface area contributed by atoms with Gasteiger partial charge in [0.25, 0.3) is 5.69 Å². The molecule has 1 aromatic rings. The van der Waals surface area contributed by atoms with E-state index in [1.54, 1.807) is 19.9 Å². The topological polar surface area (TPSA) is 126 Å². The van der Waals surface area contributed by atoms with Crippen molar-refractivity contribution in [3.63, 3.8) is 0 Å². The highest BCUT2D eigenvalue weighted by atomic mass is 16.8. The number of rotatable bonds is 6. The Morgan fingerprint density at radius 1 is 1.18 bits per heavy atom. The van der Waals surface area contributed by atoms with Crippen molar-refractivity contribution in [3.05, 3.63) is 62.5 Å². The number of nitro groups is 1. The Kier molecular flexibility index (Phi) is 6.72. The van der Waals surface area contributed by atoms with Crippen LogP contribution in [-0.2, 0) is 28.5 Å². The number of nitrogens with one attached hydrogen (secondary N) is 1. The number of hydrogen-bond acceptors (Lipinski definition) is 9. The third-order valence-corrected chi connectivity index (χ3v) is 6.48. The molecular weight excluding hydrogens is 444 g/mol. The first kappa shape index (κ1) is 23.9. The lowest BCUT2D eigenvalue weighted by atomic mass is 9.80. The zero-order valence-corrected chi connectivity index (χ0v) is 19.4. The smallest absolute Gasteiger partial charge is 0.336 e. The lowest BCUT2D eigenvalue weighted by Gasteiger charge is -2.30. The Morgan fingerprint density at radius 3 is 2.50 bits per heavy atom. The molecule has 10 nitrogen and oxygen atoms in total. The largest absolute Gasteiger partial charge is 0.466 e. The first-order chi connectivity index (χ1) is 16.2. The molecule has 2 unspecified atom stereocenters. The average Bonchev–Trinajstić information content (AvgIpc) is 3.45. The molecule has 2 atom stereocenters. The summed E-state index contributed by atoms with van der Waals surface area (Å²) in [5.41, 5.74) is 1.61. The van der Waals surface area contributed by atoms with Crippen LogP contribution < -0.4 is 5.32 Å². The molecule has 182 valence electrons. The van der Waals surface area contributed by atoms with Crippen molar-refractivity contribution in [2.45, 2.75) is 57.3 Å². The maximum atomic E-state index is 13.3. The fourth-order valence-electron chi connectivity index (χ4n) is 4.92. The zero-order chi connectivity index (χ0) is 24.5. The third-order valence-electron chi connectivity index (χ3n) is 6.48. The van der Waals surface area contributed by atoms with Crippen LogP contribution in [0, 0.1) is 10.1 Å². The monoisotopic (exact) mass is 472 g/mol. The van der Waals surface area contributed by atoms with Gasteiger partial charge >= 0.3 is 11.9 Å². The van der Waals surface area contributed by atoms with E-state index in [-0.39, 0.29) is 29.5 Å². The quantitative estimate of drug-likeness (QED) is 0.377. The molecule has 2 heterocycles. The molecule has 0 bridgehead atoms. The van der Waals surface area contributed by atoms with E-state index < -0.39 is 28.6 Å². The molecule has 0 aromatic heterocycles. The average molecular weight is 472 g/mol. The van der Waals surface area contributed by atoms with Crippen LogP contribution in [0.1, 0.15) is 51.0 Å². The third kappa shape index (κ3) is 4.55. The van der Waals surface area contributed by atoms with E-state index >= 15 is 0 Å². The summed E-state index contributed by atoms with van der Waals surface area (Å²) in [6.45, 7) is 3.72. The lowest BCUT2D eigenvalue weighted by Crippen LogP contribution is -2.33. The first-order valence-electron chi connectivity index (χ1n) is 11.2. The minimum Gasteiger partial charge on any atom is -0.466 e. The molecular formula is C24H28N2O8. The molecule has 34 heavy (non-hydrogen) atoms. The minimum absolute atomic E-state index is 0.00469. The molecule has 3 aliphatic rings. The van der Waals surface area contributed by atoms with Crippen molar-refractivity contribution < 1.29 is 33.5 Å². The van der Waals surface area contributed by atoms with E-state index in [4.69, 9.17) is 18.9 Å².